The zero-order valence-corrected chi connectivity index (χ0v) is 12.3. The van der Waals surface area contributed by atoms with E-state index in [0.717, 1.165) is 9.83 Å². The summed E-state index contributed by atoms with van der Waals surface area (Å²) in [4.78, 5) is 7.69. The normalized spacial score (nSPS) is 11.2. The zero-order chi connectivity index (χ0) is 13.2. The SMILES string of the molecule is CS(=O)(=O)c1cncc(Oc2cccc(I)c2)n1. The molecule has 0 saturated carbocycles. The van der Waals surface area contributed by atoms with Gasteiger partial charge >= 0.3 is 0 Å². The molecule has 0 aliphatic carbocycles. The number of sulfone groups is 1. The molecule has 0 aliphatic heterocycles. The summed E-state index contributed by atoms with van der Waals surface area (Å²) in [5, 5.41) is -0.106. The molecule has 7 heteroatoms. The van der Waals surface area contributed by atoms with Gasteiger partial charge in [-0.2, -0.15) is 4.98 Å². The molecule has 5 nitrogen and oxygen atoms in total. The predicted molar refractivity (Wildman–Crippen MR) is 74.4 cm³/mol. The van der Waals surface area contributed by atoms with E-state index in [2.05, 4.69) is 32.6 Å². The summed E-state index contributed by atoms with van der Waals surface area (Å²) in [6.45, 7) is 0. The van der Waals surface area contributed by atoms with Gasteiger partial charge in [-0.05, 0) is 40.8 Å². The maximum absolute atomic E-state index is 11.3. The molecule has 0 N–H and O–H groups in total. The first kappa shape index (κ1) is 13.2. The van der Waals surface area contributed by atoms with E-state index in [1.54, 1.807) is 6.07 Å². The monoisotopic (exact) mass is 376 g/mol. The van der Waals surface area contributed by atoms with Crippen LogP contribution in [0.3, 0.4) is 0 Å². The molecule has 1 aromatic carbocycles. The molecule has 0 atom stereocenters. The molecule has 18 heavy (non-hydrogen) atoms. The molecule has 0 unspecified atom stereocenters. The van der Waals surface area contributed by atoms with Gasteiger partial charge in [0.25, 0.3) is 0 Å². The lowest BCUT2D eigenvalue weighted by atomic mass is 10.3. The molecule has 0 spiro atoms. The highest BCUT2D eigenvalue weighted by Crippen LogP contribution is 2.21. The molecule has 0 fully saturated rings. The Kier molecular flexibility index (Phi) is 3.81. The molecule has 0 radical (unpaired) electrons. The van der Waals surface area contributed by atoms with Crippen LogP contribution in [0, 0.1) is 3.57 Å². The van der Waals surface area contributed by atoms with Crippen molar-refractivity contribution in [2.24, 2.45) is 0 Å². The first-order chi connectivity index (χ1) is 8.45. The van der Waals surface area contributed by atoms with Gasteiger partial charge in [0.05, 0.1) is 12.4 Å². The van der Waals surface area contributed by atoms with Crippen molar-refractivity contribution in [2.45, 2.75) is 5.03 Å². The molecule has 94 valence electrons. The molecule has 2 rings (SSSR count). The molecule has 2 aromatic rings. The molecule has 0 amide bonds. The van der Waals surface area contributed by atoms with Gasteiger partial charge in [-0.1, -0.05) is 6.07 Å². The Balaban J connectivity index is 2.30. The largest absolute Gasteiger partial charge is 0.437 e. The number of hydrogen-bond acceptors (Lipinski definition) is 5. The van der Waals surface area contributed by atoms with Crippen LogP contribution in [0.4, 0.5) is 0 Å². The standard InChI is InChI=1S/C11H9IN2O3S/c1-18(15,16)11-7-13-6-10(14-11)17-9-4-2-3-8(12)5-9/h2-7H,1H3. The molecule has 0 aliphatic rings. The average Bonchev–Trinajstić information content (AvgIpc) is 2.28. The molecule has 0 bridgehead atoms. The minimum absolute atomic E-state index is 0.106. The highest BCUT2D eigenvalue weighted by Gasteiger charge is 2.11. The highest BCUT2D eigenvalue weighted by molar-refractivity contribution is 14.1. The fraction of sp³-hybridized carbons (Fsp3) is 0.0909. The van der Waals surface area contributed by atoms with Crippen LogP contribution in [0.2, 0.25) is 0 Å². The third-order valence-electron chi connectivity index (χ3n) is 1.99. The lowest BCUT2D eigenvalue weighted by Crippen LogP contribution is -2.02. The van der Waals surface area contributed by atoms with E-state index in [-0.39, 0.29) is 10.9 Å². The van der Waals surface area contributed by atoms with Crippen molar-refractivity contribution in [3.8, 4) is 11.6 Å². The van der Waals surface area contributed by atoms with E-state index < -0.39 is 9.84 Å². The van der Waals surface area contributed by atoms with Crippen molar-refractivity contribution >= 4 is 32.4 Å². The summed E-state index contributed by atoms with van der Waals surface area (Å²) in [5.41, 5.74) is 0. The number of halogens is 1. The Morgan fingerprint density at radius 1 is 1.28 bits per heavy atom. The van der Waals surface area contributed by atoms with Gasteiger partial charge in [-0.3, -0.25) is 4.98 Å². The van der Waals surface area contributed by atoms with E-state index >= 15 is 0 Å². The molecular formula is C11H9IN2O3S. The van der Waals surface area contributed by atoms with Crippen LogP contribution in [0.5, 0.6) is 11.6 Å². The van der Waals surface area contributed by atoms with Gasteiger partial charge in [0.1, 0.15) is 5.75 Å². The van der Waals surface area contributed by atoms with Crippen LogP contribution < -0.4 is 4.74 Å². The number of hydrogen-bond donors (Lipinski definition) is 0. The third-order valence-corrected chi connectivity index (χ3v) is 3.62. The number of benzene rings is 1. The van der Waals surface area contributed by atoms with Crippen LogP contribution >= 0.6 is 22.6 Å². The smallest absolute Gasteiger partial charge is 0.239 e. The Labute approximate surface area is 118 Å². The van der Waals surface area contributed by atoms with Gasteiger partial charge in [0.2, 0.25) is 5.88 Å². The van der Waals surface area contributed by atoms with Crippen LogP contribution in [0.25, 0.3) is 0 Å². The predicted octanol–water partition coefficient (Wildman–Crippen LogP) is 2.28. The lowest BCUT2D eigenvalue weighted by Gasteiger charge is -2.05. The van der Waals surface area contributed by atoms with Crippen LogP contribution in [0.1, 0.15) is 0 Å². The van der Waals surface area contributed by atoms with E-state index in [9.17, 15) is 8.42 Å². The average molecular weight is 376 g/mol. The van der Waals surface area contributed by atoms with Gasteiger partial charge in [0, 0.05) is 9.83 Å². The van der Waals surface area contributed by atoms with Crippen LogP contribution in [-0.4, -0.2) is 24.6 Å². The van der Waals surface area contributed by atoms with Crippen molar-refractivity contribution in [3.63, 3.8) is 0 Å². The van der Waals surface area contributed by atoms with E-state index in [1.165, 1.54) is 12.4 Å². The van der Waals surface area contributed by atoms with Crippen molar-refractivity contribution in [2.75, 3.05) is 6.26 Å². The van der Waals surface area contributed by atoms with Gasteiger partial charge < -0.3 is 4.74 Å². The Bertz CT molecular complexity index is 673. The summed E-state index contributed by atoms with van der Waals surface area (Å²) in [5.74, 6) is 0.738. The van der Waals surface area contributed by atoms with Crippen molar-refractivity contribution < 1.29 is 13.2 Å². The second kappa shape index (κ2) is 5.19. The molecule has 1 heterocycles. The fourth-order valence-corrected chi connectivity index (χ4v) is 2.23. The highest BCUT2D eigenvalue weighted by atomic mass is 127. The summed E-state index contributed by atoms with van der Waals surface area (Å²) in [6, 6.07) is 7.34. The molecule has 1 aromatic heterocycles. The second-order valence-electron chi connectivity index (χ2n) is 3.53. The number of rotatable bonds is 3. The maximum atomic E-state index is 11.3. The maximum Gasteiger partial charge on any atom is 0.239 e. The van der Waals surface area contributed by atoms with Crippen molar-refractivity contribution in [1.29, 1.82) is 0 Å². The molecule has 0 saturated heterocycles. The fourth-order valence-electron chi connectivity index (χ4n) is 1.21. The van der Waals surface area contributed by atoms with Gasteiger partial charge in [0.15, 0.2) is 14.9 Å². The number of aromatic nitrogens is 2. The zero-order valence-electron chi connectivity index (χ0n) is 9.37. The summed E-state index contributed by atoms with van der Waals surface area (Å²) >= 11 is 2.16. The van der Waals surface area contributed by atoms with Gasteiger partial charge in [-0.25, -0.2) is 8.42 Å². The van der Waals surface area contributed by atoms with E-state index in [4.69, 9.17) is 4.74 Å². The van der Waals surface area contributed by atoms with Crippen LogP contribution in [0.15, 0.2) is 41.7 Å². The first-order valence-electron chi connectivity index (χ1n) is 4.91. The van der Waals surface area contributed by atoms with E-state index in [0.29, 0.717) is 5.75 Å². The summed E-state index contributed by atoms with van der Waals surface area (Å²) in [7, 11) is -3.38. The van der Waals surface area contributed by atoms with Gasteiger partial charge in [-0.15, -0.1) is 0 Å². The summed E-state index contributed by atoms with van der Waals surface area (Å²) < 4.78 is 29.1. The molecular weight excluding hydrogens is 367 g/mol. The lowest BCUT2D eigenvalue weighted by molar-refractivity contribution is 0.453. The van der Waals surface area contributed by atoms with Crippen LogP contribution in [-0.2, 0) is 9.84 Å². The topological polar surface area (TPSA) is 69.2 Å². The number of ether oxygens (including phenoxy) is 1. The van der Waals surface area contributed by atoms with Crippen molar-refractivity contribution in [3.05, 3.63) is 40.2 Å². The third kappa shape index (κ3) is 3.39. The quantitative estimate of drug-likeness (QED) is 0.769. The Hall–Kier alpha value is -1.22. The second-order valence-corrected chi connectivity index (χ2v) is 6.74. The van der Waals surface area contributed by atoms with E-state index in [1.807, 2.05) is 18.2 Å². The minimum Gasteiger partial charge on any atom is -0.437 e. The van der Waals surface area contributed by atoms with Crippen molar-refractivity contribution in [1.82, 2.24) is 9.97 Å². The minimum atomic E-state index is -3.38. The first-order valence-corrected chi connectivity index (χ1v) is 7.88. The summed E-state index contributed by atoms with van der Waals surface area (Å²) in [6.07, 6.45) is 3.64. The Morgan fingerprint density at radius 2 is 2.06 bits per heavy atom. The Morgan fingerprint density at radius 3 is 2.72 bits per heavy atom. The number of nitrogens with zero attached hydrogens (tertiary/aromatic N) is 2.